The van der Waals surface area contributed by atoms with Crippen LogP contribution < -0.4 is 4.74 Å². The zero-order valence-electron chi connectivity index (χ0n) is 9.72. The Morgan fingerprint density at radius 2 is 2.00 bits per heavy atom. The van der Waals surface area contributed by atoms with Crippen LogP contribution in [0.3, 0.4) is 0 Å². The SMILES string of the molecule is Cc1ccc(OCCCCN2C=NC2)cc1. The average Bonchev–Trinajstić information content (AvgIpc) is 2.23. The van der Waals surface area contributed by atoms with E-state index in [1.54, 1.807) is 0 Å². The standard InChI is InChI=1S/C13H18N2O/c1-12-4-6-13(7-5-12)16-9-3-2-8-15-10-14-11-15/h4-7,10H,2-3,8-9,11H2,1H3. The molecule has 0 spiro atoms. The van der Waals surface area contributed by atoms with E-state index in [9.17, 15) is 0 Å². The molecule has 86 valence electrons. The van der Waals surface area contributed by atoms with Gasteiger partial charge in [-0.1, -0.05) is 17.7 Å². The third-order valence-corrected chi connectivity index (χ3v) is 2.64. The molecule has 1 aliphatic heterocycles. The van der Waals surface area contributed by atoms with Crippen molar-refractivity contribution in [3.63, 3.8) is 0 Å². The van der Waals surface area contributed by atoms with Gasteiger partial charge in [0.2, 0.25) is 0 Å². The molecule has 1 aromatic carbocycles. The fourth-order valence-corrected chi connectivity index (χ4v) is 1.57. The van der Waals surface area contributed by atoms with Crippen molar-refractivity contribution in [1.82, 2.24) is 4.90 Å². The summed E-state index contributed by atoms with van der Waals surface area (Å²) in [5.41, 5.74) is 1.27. The van der Waals surface area contributed by atoms with Crippen molar-refractivity contribution >= 4 is 6.34 Å². The average molecular weight is 218 g/mol. The van der Waals surface area contributed by atoms with Gasteiger partial charge >= 0.3 is 0 Å². The fraction of sp³-hybridized carbons (Fsp3) is 0.462. The van der Waals surface area contributed by atoms with Gasteiger partial charge in [-0.3, -0.25) is 4.99 Å². The highest BCUT2D eigenvalue weighted by Crippen LogP contribution is 2.11. The Hall–Kier alpha value is -1.51. The molecule has 0 saturated heterocycles. The molecule has 1 aromatic rings. The number of ether oxygens (including phenoxy) is 1. The summed E-state index contributed by atoms with van der Waals surface area (Å²) in [5, 5.41) is 0. The lowest BCUT2D eigenvalue weighted by Crippen LogP contribution is -2.31. The number of aryl methyl sites for hydroxylation is 1. The first kappa shape index (κ1) is 11.0. The van der Waals surface area contributed by atoms with Gasteiger partial charge in [0.15, 0.2) is 0 Å². The van der Waals surface area contributed by atoms with Crippen LogP contribution in [0.4, 0.5) is 0 Å². The summed E-state index contributed by atoms with van der Waals surface area (Å²) in [6.07, 6.45) is 4.16. The number of hydrogen-bond donors (Lipinski definition) is 0. The molecule has 0 aromatic heterocycles. The van der Waals surface area contributed by atoms with Crippen LogP contribution in [0.1, 0.15) is 18.4 Å². The van der Waals surface area contributed by atoms with Crippen LogP contribution in [0.15, 0.2) is 29.3 Å². The molecule has 0 N–H and O–H groups in total. The van der Waals surface area contributed by atoms with Crippen LogP contribution >= 0.6 is 0 Å². The van der Waals surface area contributed by atoms with Gasteiger partial charge in [0, 0.05) is 6.54 Å². The number of nitrogens with zero attached hydrogens (tertiary/aromatic N) is 2. The molecule has 3 heteroatoms. The first-order valence-electron chi connectivity index (χ1n) is 5.78. The number of benzene rings is 1. The predicted molar refractivity (Wildman–Crippen MR) is 66.0 cm³/mol. The van der Waals surface area contributed by atoms with Gasteiger partial charge < -0.3 is 9.64 Å². The van der Waals surface area contributed by atoms with Crippen LogP contribution in [-0.4, -0.2) is 31.1 Å². The van der Waals surface area contributed by atoms with E-state index in [1.807, 2.05) is 18.5 Å². The normalized spacial score (nSPS) is 13.7. The van der Waals surface area contributed by atoms with E-state index in [-0.39, 0.29) is 0 Å². The predicted octanol–water partition coefficient (Wildman–Crippen LogP) is 2.46. The van der Waals surface area contributed by atoms with E-state index in [0.29, 0.717) is 0 Å². The highest BCUT2D eigenvalue weighted by molar-refractivity contribution is 5.59. The van der Waals surface area contributed by atoms with Crippen LogP contribution in [0.25, 0.3) is 0 Å². The van der Waals surface area contributed by atoms with Crippen LogP contribution in [0, 0.1) is 6.92 Å². The Bertz CT molecular complexity index is 345. The summed E-state index contributed by atoms with van der Waals surface area (Å²) in [7, 11) is 0. The minimum Gasteiger partial charge on any atom is -0.494 e. The van der Waals surface area contributed by atoms with Gasteiger partial charge in [0.1, 0.15) is 12.4 Å². The fourth-order valence-electron chi connectivity index (χ4n) is 1.57. The summed E-state index contributed by atoms with van der Waals surface area (Å²) in [4.78, 5) is 6.24. The molecule has 0 fully saturated rings. The minimum atomic E-state index is 0.800. The van der Waals surface area contributed by atoms with Gasteiger partial charge in [-0.25, -0.2) is 0 Å². The van der Waals surface area contributed by atoms with Crippen molar-refractivity contribution in [2.45, 2.75) is 19.8 Å². The Morgan fingerprint density at radius 3 is 2.62 bits per heavy atom. The van der Waals surface area contributed by atoms with Crippen molar-refractivity contribution in [3.05, 3.63) is 29.8 Å². The molecule has 2 rings (SSSR count). The Kier molecular flexibility index (Phi) is 3.81. The summed E-state index contributed by atoms with van der Waals surface area (Å²) >= 11 is 0. The maximum atomic E-state index is 5.64. The number of unbranched alkanes of at least 4 members (excludes halogenated alkanes) is 1. The lowest BCUT2D eigenvalue weighted by molar-refractivity contribution is 0.293. The lowest BCUT2D eigenvalue weighted by Gasteiger charge is -2.23. The zero-order chi connectivity index (χ0) is 11.2. The summed E-state index contributed by atoms with van der Waals surface area (Å²) in [6, 6.07) is 8.20. The second kappa shape index (κ2) is 5.54. The Labute approximate surface area is 96.7 Å². The number of rotatable bonds is 6. The van der Waals surface area contributed by atoms with E-state index in [4.69, 9.17) is 4.74 Å². The molecule has 0 aliphatic carbocycles. The van der Waals surface area contributed by atoms with Gasteiger partial charge in [-0.05, 0) is 31.9 Å². The maximum absolute atomic E-state index is 5.64. The molecule has 0 saturated carbocycles. The van der Waals surface area contributed by atoms with Gasteiger partial charge in [-0.15, -0.1) is 0 Å². The van der Waals surface area contributed by atoms with Crippen LogP contribution in [0.2, 0.25) is 0 Å². The van der Waals surface area contributed by atoms with Crippen molar-refractivity contribution in [2.24, 2.45) is 4.99 Å². The molecule has 0 atom stereocenters. The summed E-state index contributed by atoms with van der Waals surface area (Å²) in [5.74, 6) is 0.969. The quantitative estimate of drug-likeness (QED) is 0.685. The third-order valence-electron chi connectivity index (χ3n) is 2.64. The second-order valence-electron chi connectivity index (χ2n) is 4.12. The van der Waals surface area contributed by atoms with Crippen molar-refractivity contribution in [1.29, 1.82) is 0 Å². The molecule has 3 nitrogen and oxygen atoms in total. The largest absolute Gasteiger partial charge is 0.494 e. The van der Waals surface area contributed by atoms with Crippen molar-refractivity contribution in [3.8, 4) is 5.75 Å². The molecule has 1 heterocycles. The first-order valence-corrected chi connectivity index (χ1v) is 5.78. The highest BCUT2D eigenvalue weighted by Gasteiger charge is 2.04. The summed E-state index contributed by atoms with van der Waals surface area (Å²) in [6.45, 7) is 4.85. The van der Waals surface area contributed by atoms with E-state index in [0.717, 1.165) is 38.4 Å². The van der Waals surface area contributed by atoms with E-state index in [1.165, 1.54) is 5.56 Å². The van der Waals surface area contributed by atoms with Gasteiger partial charge in [-0.2, -0.15) is 0 Å². The summed E-state index contributed by atoms with van der Waals surface area (Å²) < 4.78 is 5.64. The molecule has 0 radical (unpaired) electrons. The van der Waals surface area contributed by atoms with Gasteiger partial charge in [0.25, 0.3) is 0 Å². The van der Waals surface area contributed by atoms with Crippen LogP contribution in [-0.2, 0) is 0 Å². The van der Waals surface area contributed by atoms with Crippen molar-refractivity contribution in [2.75, 3.05) is 19.8 Å². The molecular formula is C13H18N2O. The van der Waals surface area contributed by atoms with E-state index in [2.05, 4.69) is 28.9 Å². The maximum Gasteiger partial charge on any atom is 0.119 e. The zero-order valence-corrected chi connectivity index (χ0v) is 9.72. The van der Waals surface area contributed by atoms with E-state index < -0.39 is 0 Å². The second-order valence-corrected chi connectivity index (χ2v) is 4.12. The molecular weight excluding hydrogens is 200 g/mol. The topological polar surface area (TPSA) is 24.8 Å². The number of aliphatic imine (C=N–C) groups is 1. The highest BCUT2D eigenvalue weighted by atomic mass is 16.5. The molecule has 1 aliphatic rings. The molecule has 16 heavy (non-hydrogen) atoms. The molecule has 0 bridgehead atoms. The molecule has 0 unspecified atom stereocenters. The molecule has 0 amide bonds. The Morgan fingerprint density at radius 1 is 1.25 bits per heavy atom. The third kappa shape index (κ3) is 3.26. The number of hydrogen-bond acceptors (Lipinski definition) is 3. The Balaban J connectivity index is 1.57. The smallest absolute Gasteiger partial charge is 0.119 e. The first-order chi connectivity index (χ1) is 7.84. The van der Waals surface area contributed by atoms with E-state index >= 15 is 0 Å². The lowest BCUT2D eigenvalue weighted by atomic mass is 10.2. The monoisotopic (exact) mass is 218 g/mol. The van der Waals surface area contributed by atoms with Gasteiger partial charge in [0.05, 0.1) is 12.9 Å². The van der Waals surface area contributed by atoms with Crippen LogP contribution in [0.5, 0.6) is 5.75 Å². The van der Waals surface area contributed by atoms with Crippen molar-refractivity contribution < 1.29 is 4.74 Å². The minimum absolute atomic E-state index is 0.800.